The fraction of sp³-hybridized carbons (Fsp3) is 0.250. The zero-order valence-corrected chi connectivity index (χ0v) is 9.69. The number of hydrogen-bond acceptors (Lipinski definition) is 3. The van der Waals surface area contributed by atoms with Crippen LogP contribution in [0, 0.1) is 5.82 Å². The van der Waals surface area contributed by atoms with Crippen molar-refractivity contribution >= 4 is 5.91 Å². The number of carbonyl (C=O) groups excluding carboxylic acids is 1. The molecule has 94 valence electrons. The average Bonchev–Trinajstić information content (AvgIpc) is 2.89. The molecule has 1 amide bonds. The number of halogens is 1. The number of benzene rings is 1. The van der Waals surface area contributed by atoms with Gasteiger partial charge >= 0.3 is 0 Å². The summed E-state index contributed by atoms with van der Waals surface area (Å²) in [6, 6.07) is 6.14. The fourth-order valence-corrected chi connectivity index (χ4v) is 1.50. The highest BCUT2D eigenvalue weighted by Crippen LogP contribution is 2.05. The van der Waals surface area contributed by atoms with Gasteiger partial charge in [0, 0.05) is 6.42 Å². The molecule has 5 nitrogen and oxygen atoms in total. The van der Waals surface area contributed by atoms with Crippen molar-refractivity contribution in [1.82, 2.24) is 20.5 Å². The van der Waals surface area contributed by atoms with E-state index in [-0.39, 0.29) is 11.7 Å². The number of aromatic amines is 1. The Morgan fingerprint density at radius 2 is 2.11 bits per heavy atom. The third-order valence-corrected chi connectivity index (χ3v) is 2.47. The van der Waals surface area contributed by atoms with Crippen molar-refractivity contribution in [2.75, 3.05) is 0 Å². The van der Waals surface area contributed by atoms with Crippen LogP contribution in [0.1, 0.15) is 17.8 Å². The zero-order chi connectivity index (χ0) is 12.8. The van der Waals surface area contributed by atoms with Crippen LogP contribution in [0.25, 0.3) is 0 Å². The minimum absolute atomic E-state index is 0.0734. The van der Waals surface area contributed by atoms with Crippen LogP contribution >= 0.6 is 0 Å². The molecule has 0 saturated carbocycles. The van der Waals surface area contributed by atoms with E-state index in [1.165, 1.54) is 18.5 Å². The summed E-state index contributed by atoms with van der Waals surface area (Å²) in [5.74, 6) is 0.273. The van der Waals surface area contributed by atoms with E-state index in [0.29, 0.717) is 25.2 Å². The topological polar surface area (TPSA) is 70.7 Å². The van der Waals surface area contributed by atoms with E-state index in [1.54, 1.807) is 12.1 Å². The lowest BCUT2D eigenvalue weighted by Crippen LogP contribution is -2.23. The van der Waals surface area contributed by atoms with Crippen LogP contribution in [0.2, 0.25) is 0 Å². The Morgan fingerprint density at radius 1 is 1.33 bits per heavy atom. The molecular weight excluding hydrogens is 235 g/mol. The van der Waals surface area contributed by atoms with Gasteiger partial charge in [0.05, 0.1) is 6.54 Å². The summed E-state index contributed by atoms with van der Waals surface area (Å²) in [5.41, 5.74) is 0.936. The van der Waals surface area contributed by atoms with Gasteiger partial charge in [0.1, 0.15) is 18.0 Å². The second-order valence-electron chi connectivity index (χ2n) is 3.84. The Kier molecular flexibility index (Phi) is 4.01. The summed E-state index contributed by atoms with van der Waals surface area (Å²) < 4.78 is 12.7. The monoisotopic (exact) mass is 248 g/mol. The van der Waals surface area contributed by atoms with Crippen LogP contribution < -0.4 is 5.32 Å². The van der Waals surface area contributed by atoms with Gasteiger partial charge in [0.15, 0.2) is 0 Å². The molecule has 0 spiro atoms. The lowest BCUT2D eigenvalue weighted by atomic mass is 10.1. The van der Waals surface area contributed by atoms with E-state index in [0.717, 1.165) is 5.56 Å². The predicted molar refractivity (Wildman–Crippen MR) is 63.0 cm³/mol. The van der Waals surface area contributed by atoms with E-state index < -0.39 is 0 Å². The number of aryl methyl sites for hydroxylation is 1. The smallest absolute Gasteiger partial charge is 0.220 e. The first kappa shape index (κ1) is 12.2. The molecule has 0 unspecified atom stereocenters. The SMILES string of the molecule is O=C(CCc1ccc(F)cc1)NCc1ncn[nH]1. The first-order valence-corrected chi connectivity index (χ1v) is 5.59. The minimum atomic E-state index is -0.270. The molecule has 1 heterocycles. The maximum absolute atomic E-state index is 12.7. The molecule has 0 atom stereocenters. The summed E-state index contributed by atoms with van der Waals surface area (Å²) in [4.78, 5) is 15.4. The van der Waals surface area contributed by atoms with Gasteiger partial charge in [0.25, 0.3) is 0 Å². The molecule has 0 aliphatic heterocycles. The highest BCUT2D eigenvalue weighted by molar-refractivity contribution is 5.76. The second kappa shape index (κ2) is 5.90. The van der Waals surface area contributed by atoms with Gasteiger partial charge in [-0.15, -0.1) is 0 Å². The molecule has 2 N–H and O–H groups in total. The van der Waals surface area contributed by atoms with Crippen molar-refractivity contribution in [3.63, 3.8) is 0 Å². The van der Waals surface area contributed by atoms with Gasteiger partial charge in [-0.1, -0.05) is 12.1 Å². The van der Waals surface area contributed by atoms with Crippen molar-refractivity contribution in [3.8, 4) is 0 Å². The van der Waals surface area contributed by atoms with Crippen molar-refractivity contribution in [3.05, 3.63) is 47.8 Å². The van der Waals surface area contributed by atoms with Gasteiger partial charge in [-0.25, -0.2) is 9.37 Å². The second-order valence-corrected chi connectivity index (χ2v) is 3.84. The number of hydrogen-bond donors (Lipinski definition) is 2. The predicted octanol–water partition coefficient (Wildman–Crippen LogP) is 1.19. The molecule has 18 heavy (non-hydrogen) atoms. The van der Waals surface area contributed by atoms with E-state index in [1.807, 2.05) is 0 Å². The molecule has 1 aromatic carbocycles. The molecule has 0 saturated heterocycles. The molecule has 0 aliphatic carbocycles. The van der Waals surface area contributed by atoms with E-state index in [4.69, 9.17) is 0 Å². The van der Waals surface area contributed by atoms with Crippen molar-refractivity contribution in [2.24, 2.45) is 0 Å². The summed E-state index contributed by atoms with van der Waals surface area (Å²) >= 11 is 0. The number of H-pyrrole nitrogens is 1. The summed E-state index contributed by atoms with van der Waals surface area (Å²) in [6.07, 6.45) is 2.34. The molecule has 2 rings (SSSR count). The third kappa shape index (κ3) is 3.65. The quantitative estimate of drug-likeness (QED) is 0.835. The highest BCUT2D eigenvalue weighted by Gasteiger charge is 2.03. The summed E-state index contributed by atoms with van der Waals surface area (Å²) in [7, 11) is 0. The number of nitrogens with one attached hydrogen (secondary N) is 2. The van der Waals surface area contributed by atoms with Gasteiger partial charge in [0.2, 0.25) is 5.91 Å². The van der Waals surface area contributed by atoms with E-state index in [9.17, 15) is 9.18 Å². The van der Waals surface area contributed by atoms with Crippen LogP contribution in [0.15, 0.2) is 30.6 Å². The lowest BCUT2D eigenvalue weighted by molar-refractivity contribution is -0.121. The number of aromatic nitrogens is 3. The highest BCUT2D eigenvalue weighted by atomic mass is 19.1. The first-order valence-electron chi connectivity index (χ1n) is 5.59. The van der Waals surface area contributed by atoms with Crippen LogP contribution in [0.3, 0.4) is 0 Å². The molecule has 6 heteroatoms. The van der Waals surface area contributed by atoms with E-state index in [2.05, 4.69) is 20.5 Å². The molecule has 0 aliphatic rings. The third-order valence-electron chi connectivity index (χ3n) is 2.47. The maximum Gasteiger partial charge on any atom is 0.220 e. The van der Waals surface area contributed by atoms with Gasteiger partial charge in [-0.2, -0.15) is 5.10 Å². The zero-order valence-electron chi connectivity index (χ0n) is 9.69. The number of carbonyl (C=O) groups is 1. The Labute approximate surface area is 103 Å². The number of amides is 1. The Balaban J connectivity index is 1.73. The molecule has 1 aromatic heterocycles. The lowest BCUT2D eigenvalue weighted by Gasteiger charge is -2.03. The summed E-state index contributed by atoms with van der Waals surface area (Å²) in [6.45, 7) is 0.336. The maximum atomic E-state index is 12.7. The van der Waals surface area contributed by atoms with Crippen LogP contribution in [0.4, 0.5) is 4.39 Å². The van der Waals surface area contributed by atoms with Crippen molar-refractivity contribution in [2.45, 2.75) is 19.4 Å². The Bertz CT molecular complexity index is 495. The molecule has 0 fully saturated rings. The molecule has 0 bridgehead atoms. The first-order chi connectivity index (χ1) is 8.74. The Morgan fingerprint density at radius 3 is 2.78 bits per heavy atom. The van der Waals surface area contributed by atoms with Crippen LogP contribution in [-0.2, 0) is 17.8 Å². The standard InChI is InChI=1S/C12H13FN4O/c13-10-4-1-9(2-5-10)3-6-12(18)14-7-11-15-8-16-17-11/h1-2,4-5,8H,3,6-7H2,(H,14,18)(H,15,16,17). The molecule has 0 radical (unpaired) electrons. The van der Waals surface area contributed by atoms with Gasteiger partial charge in [-0.3, -0.25) is 9.89 Å². The number of nitrogens with zero attached hydrogens (tertiary/aromatic N) is 2. The van der Waals surface area contributed by atoms with Crippen LogP contribution in [0.5, 0.6) is 0 Å². The van der Waals surface area contributed by atoms with Crippen molar-refractivity contribution < 1.29 is 9.18 Å². The largest absolute Gasteiger partial charge is 0.349 e. The van der Waals surface area contributed by atoms with Gasteiger partial charge < -0.3 is 5.32 Å². The van der Waals surface area contributed by atoms with E-state index >= 15 is 0 Å². The Hall–Kier alpha value is -2.24. The van der Waals surface area contributed by atoms with Gasteiger partial charge in [-0.05, 0) is 24.1 Å². The minimum Gasteiger partial charge on any atom is -0.349 e. The summed E-state index contributed by atoms with van der Waals surface area (Å²) in [5, 5.41) is 9.05. The van der Waals surface area contributed by atoms with Crippen molar-refractivity contribution in [1.29, 1.82) is 0 Å². The average molecular weight is 248 g/mol. The normalized spacial score (nSPS) is 10.3. The molecule has 2 aromatic rings. The number of rotatable bonds is 5. The van der Waals surface area contributed by atoms with Crippen LogP contribution in [-0.4, -0.2) is 21.1 Å². The fourth-order valence-electron chi connectivity index (χ4n) is 1.50. The molecular formula is C12H13FN4O.